The third kappa shape index (κ3) is 3.96. The van der Waals surface area contributed by atoms with Gasteiger partial charge in [-0.05, 0) is 37.6 Å². The molecule has 6 heteroatoms. The summed E-state index contributed by atoms with van der Waals surface area (Å²) in [6.07, 6.45) is 2.10. The highest BCUT2D eigenvalue weighted by Crippen LogP contribution is 2.24. The third-order valence-corrected chi connectivity index (χ3v) is 4.24. The monoisotopic (exact) mass is 356 g/mol. The van der Waals surface area contributed by atoms with E-state index >= 15 is 0 Å². The normalized spacial score (nSPS) is 21.3. The number of carbonyl (C=O) groups is 1. The van der Waals surface area contributed by atoms with Crippen molar-refractivity contribution in [2.24, 2.45) is 0 Å². The van der Waals surface area contributed by atoms with Gasteiger partial charge in [-0.15, -0.1) is 0 Å². The van der Waals surface area contributed by atoms with Gasteiger partial charge >= 0.3 is 0 Å². The zero-order valence-electron chi connectivity index (χ0n) is 12.4. The molecule has 0 radical (unpaired) electrons. The van der Waals surface area contributed by atoms with Gasteiger partial charge in [0, 0.05) is 18.1 Å². The van der Waals surface area contributed by atoms with Crippen molar-refractivity contribution in [2.75, 3.05) is 33.9 Å². The zero-order valence-corrected chi connectivity index (χ0v) is 14.0. The zero-order chi connectivity index (χ0) is 15.3. The third-order valence-electron chi connectivity index (χ3n) is 3.75. The van der Waals surface area contributed by atoms with Gasteiger partial charge in [-0.2, -0.15) is 0 Å². The van der Waals surface area contributed by atoms with Crippen molar-refractivity contribution in [3.8, 4) is 5.75 Å². The number of halogens is 1. The molecule has 2 rings (SSSR count). The molecule has 1 saturated heterocycles. The van der Waals surface area contributed by atoms with E-state index in [0.717, 1.165) is 23.9 Å². The largest absolute Gasteiger partial charge is 0.496 e. The number of benzene rings is 1. The molecule has 0 spiro atoms. The van der Waals surface area contributed by atoms with Gasteiger partial charge in [0.1, 0.15) is 5.75 Å². The Hall–Kier alpha value is -1.11. The highest BCUT2D eigenvalue weighted by molar-refractivity contribution is 9.10. The minimum Gasteiger partial charge on any atom is -0.496 e. The van der Waals surface area contributed by atoms with Crippen molar-refractivity contribution in [1.29, 1.82) is 0 Å². The van der Waals surface area contributed by atoms with Crippen LogP contribution in [0.2, 0.25) is 0 Å². The van der Waals surface area contributed by atoms with Crippen LogP contribution in [0.3, 0.4) is 0 Å². The van der Waals surface area contributed by atoms with Crippen LogP contribution >= 0.6 is 15.9 Å². The first-order chi connectivity index (χ1) is 10.1. The van der Waals surface area contributed by atoms with Crippen LogP contribution in [-0.2, 0) is 4.74 Å². The standard InChI is InChI=1S/C15H21BrN2O3/c1-20-10-15(6-3-7-18-15)9-17-14(19)12-5-4-11(16)8-13(12)21-2/h4-5,8,18H,3,6-7,9-10H2,1-2H3,(H,17,19). The SMILES string of the molecule is COCC1(CNC(=O)c2ccc(Br)cc2OC)CCCN1. The van der Waals surface area contributed by atoms with Gasteiger partial charge in [0.2, 0.25) is 0 Å². The number of rotatable bonds is 6. The van der Waals surface area contributed by atoms with E-state index in [-0.39, 0.29) is 11.4 Å². The van der Waals surface area contributed by atoms with Crippen molar-refractivity contribution in [2.45, 2.75) is 18.4 Å². The Kier molecular flexibility index (Phi) is 5.61. The van der Waals surface area contributed by atoms with Gasteiger partial charge in [-0.25, -0.2) is 0 Å². The molecule has 21 heavy (non-hydrogen) atoms. The molecule has 1 aliphatic rings. The Morgan fingerprint density at radius 2 is 2.29 bits per heavy atom. The molecule has 1 heterocycles. The number of amides is 1. The van der Waals surface area contributed by atoms with E-state index in [1.165, 1.54) is 0 Å². The lowest BCUT2D eigenvalue weighted by Crippen LogP contribution is -2.53. The maximum atomic E-state index is 12.4. The van der Waals surface area contributed by atoms with Crippen LogP contribution in [0.1, 0.15) is 23.2 Å². The van der Waals surface area contributed by atoms with Crippen LogP contribution in [0.25, 0.3) is 0 Å². The number of hydrogen-bond donors (Lipinski definition) is 2. The Balaban J connectivity index is 2.04. The van der Waals surface area contributed by atoms with E-state index in [1.807, 2.05) is 6.07 Å². The number of hydrogen-bond acceptors (Lipinski definition) is 4. The first-order valence-corrected chi connectivity index (χ1v) is 7.75. The summed E-state index contributed by atoms with van der Waals surface area (Å²) in [4.78, 5) is 12.4. The van der Waals surface area contributed by atoms with Crippen molar-refractivity contribution < 1.29 is 14.3 Å². The molecule has 1 atom stereocenters. The van der Waals surface area contributed by atoms with Crippen molar-refractivity contribution in [3.63, 3.8) is 0 Å². The van der Waals surface area contributed by atoms with Crippen LogP contribution in [-0.4, -0.2) is 45.4 Å². The molecule has 0 bridgehead atoms. The van der Waals surface area contributed by atoms with Crippen LogP contribution in [0.15, 0.2) is 22.7 Å². The molecular formula is C15H21BrN2O3. The van der Waals surface area contributed by atoms with Gasteiger partial charge in [-0.1, -0.05) is 15.9 Å². The molecule has 5 nitrogen and oxygen atoms in total. The second-order valence-electron chi connectivity index (χ2n) is 5.27. The van der Waals surface area contributed by atoms with Crippen LogP contribution < -0.4 is 15.4 Å². The van der Waals surface area contributed by atoms with Crippen molar-refractivity contribution in [3.05, 3.63) is 28.2 Å². The highest BCUT2D eigenvalue weighted by Gasteiger charge is 2.34. The van der Waals surface area contributed by atoms with E-state index in [4.69, 9.17) is 9.47 Å². The molecule has 1 aliphatic heterocycles. The summed E-state index contributed by atoms with van der Waals surface area (Å²) in [5.41, 5.74) is 0.374. The molecule has 1 aromatic rings. The maximum absolute atomic E-state index is 12.4. The average Bonchev–Trinajstić information content (AvgIpc) is 2.94. The Bertz CT molecular complexity index is 502. The van der Waals surface area contributed by atoms with Gasteiger partial charge < -0.3 is 20.1 Å². The van der Waals surface area contributed by atoms with E-state index < -0.39 is 0 Å². The number of carbonyl (C=O) groups excluding carboxylic acids is 1. The van der Waals surface area contributed by atoms with Crippen LogP contribution in [0.4, 0.5) is 0 Å². The topological polar surface area (TPSA) is 59.6 Å². The van der Waals surface area contributed by atoms with Crippen LogP contribution in [0.5, 0.6) is 5.75 Å². The summed E-state index contributed by atoms with van der Waals surface area (Å²) in [6, 6.07) is 5.37. The van der Waals surface area contributed by atoms with Gasteiger partial charge in [0.15, 0.2) is 0 Å². The lowest BCUT2D eigenvalue weighted by atomic mass is 9.98. The molecule has 2 N–H and O–H groups in total. The Morgan fingerprint density at radius 3 is 2.90 bits per heavy atom. The number of ether oxygens (including phenoxy) is 2. The van der Waals surface area contributed by atoms with E-state index in [2.05, 4.69) is 26.6 Å². The predicted molar refractivity (Wildman–Crippen MR) is 84.9 cm³/mol. The first kappa shape index (κ1) is 16.3. The van der Waals surface area contributed by atoms with Gasteiger partial charge in [-0.3, -0.25) is 4.79 Å². The molecule has 1 aromatic carbocycles. The first-order valence-electron chi connectivity index (χ1n) is 6.96. The molecule has 1 amide bonds. The minimum absolute atomic E-state index is 0.136. The molecule has 0 aromatic heterocycles. The van der Waals surface area contributed by atoms with Gasteiger partial charge in [0.25, 0.3) is 5.91 Å². The van der Waals surface area contributed by atoms with Crippen molar-refractivity contribution >= 4 is 21.8 Å². The molecule has 116 valence electrons. The summed E-state index contributed by atoms with van der Waals surface area (Å²) in [7, 11) is 3.24. The number of nitrogens with one attached hydrogen (secondary N) is 2. The molecular weight excluding hydrogens is 336 g/mol. The van der Waals surface area contributed by atoms with E-state index in [1.54, 1.807) is 26.4 Å². The highest BCUT2D eigenvalue weighted by atomic mass is 79.9. The summed E-state index contributed by atoms with van der Waals surface area (Å²) < 4.78 is 11.4. The Labute approximate surface area is 133 Å². The summed E-state index contributed by atoms with van der Waals surface area (Å²) in [6.45, 7) is 2.09. The second kappa shape index (κ2) is 7.24. The summed E-state index contributed by atoms with van der Waals surface area (Å²) in [5, 5.41) is 6.42. The fraction of sp³-hybridized carbons (Fsp3) is 0.533. The minimum atomic E-state index is -0.160. The van der Waals surface area contributed by atoms with Crippen LogP contribution in [0, 0.1) is 0 Å². The van der Waals surface area contributed by atoms with E-state index in [0.29, 0.717) is 24.5 Å². The van der Waals surface area contributed by atoms with Gasteiger partial charge in [0.05, 0.1) is 24.8 Å². The van der Waals surface area contributed by atoms with E-state index in [9.17, 15) is 4.79 Å². The fourth-order valence-electron chi connectivity index (χ4n) is 2.67. The molecule has 1 unspecified atom stereocenters. The smallest absolute Gasteiger partial charge is 0.255 e. The maximum Gasteiger partial charge on any atom is 0.255 e. The quantitative estimate of drug-likeness (QED) is 0.817. The molecule has 0 saturated carbocycles. The molecule has 0 aliphatic carbocycles. The summed E-state index contributed by atoms with van der Waals surface area (Å²) >= 11 is 3.37. The predicted octanol–water partition coefficient (Wildman–Crippen LogP) is 1.96. The average molecular weight is 357 g/mol. The number of methoxy groups -OCH3 is 2. The summed E-state index contributed by atoms with van der Waals surface area (Å²) in [5.74, 6) is 0.422. The lowest BCUT2D eigenvalue weighted by Gasteiger charge is -2.29. The second-order valence-corrected chi connectivity index (χ2v) is 6.19. The molecule has 1 fully saturated rings. The Morgan fingerprint density at radius 1 is 1.48 bits per heavy atom. The lowest BCUT2D eigenvalue weighted by molar-refractivity contribution is 0.0889. The van der Waals surface area contributed by atoms with Crippen molar-refractivity contribution in [1.82, 2.24) is 10.6 Å². The fourth-order valence-corrected chi connectivity index (χ4v) is 3.01.